The minimum absolute atomic E-state index is 0.0527. The lowest BCUT2D eigenvalue weighted by Crippen LogP contribution is -2.36. The number of carbonyl (C=O) groups is 1. The lowest BCUT2D eigenvalue weighted by Gasteiger charge is -2.29. The fourth-order valence-corrected chi connectivity index (χ4v) is 3.79. The van der Waals surface area contributed by atoms with Crippen LogP contribution in [0.15, 0.2) is 51.8 Å². The summed E-state index contributed by atoms with van der Waals surface area (Å²) < 4.78 is 6.38. The minimum atomic E-state index is -0.0527. The number of hydrogen-bond donors (Lipinski definition) is 1. The fraction of sp³-hybridized carbons (Fsp3) is 0.278. The van der Waals surface area contributed by atoms with Gasteiger partial charge in [0.1, 0.15) is 0 Å². The lowest BCUT2D eigenvalue weighted by atomic mass is 10.2. The minimum Gasteiger partial charge on any atom is -0.378 e. The van der Waals surface area contributed by atoms with E-state index < -0.39 is 0 Å². The molecule has 0 aliphatic carbocycles. The molecule has 1 aliphatic heterocycles. The number of amides is 1. The van der Waals surface area contributed by atoms with Crippen LogP contribution in [0.4, 0.5) is 11.4 Å². The Morgan fingerprint density at radius 2 is 1.92 bits per heavy atom. The molecule has 2 aromatic rings. The number of morpholine rings is 1. The molecule has 0 saturated carbocycles. The van der Waals surface area contributed by atoms with E-state index in [1.165, 1.54) is 11.8 Å². The summed E-state index contributed by atoms with van der Waals surface area (Å²) in [6.45, 7) is 3.08. The molecular formula is C18H18BrClN2O2S. The second-order valence-corrected chi connectivity index (χ2v) is 7.93. The molecule has 132 valence electrons. The van der Waals surface area contributed by atoms with Crippen molar-refractivity contribution in [3.05, 3.63) is 52.0 Å². The summed E-state index contributed by atoms with van der Waals surface area (Å²) in [6, 6.07) is 13.5. The molecule has 0 unspecified atom stereocenters. The number of carbonyl (C=O) groups excluding carboxylic acids is 1. The van der Waals surface area contributed by atoms with Crippen LogP contribution in [0.5, 0.6) is 0 Å². The molecule has 0 aromatic heterocycles. The number of ether oxygens (including phenoxy) is 1. The van der Waals surface area contributed by atoms with E-state index in [4.69, 9.17) is 16.3 Å². The summed E-state index contributed by atoms with van der Waals surface area (Å²) in [7, 11) is 0. The second-order valence-electron chi connectivity index (χ2n) is 5.56. The highest BCUT2D eigenvalue weighted by Crippen LogP contribution is 2.29. The van der Waals surface area contributed by atoms with Gasteiger partial charge < -0.3 is 15.0 Å². The number of rotatable bonds is 5. The van der Waals surface area contributed by atoms with Gasteiger partial charge in [0.2, 0.25) is 5.91 Å². The average molecular weight is 442 g/mol. The van der Waals surface area contributed by atoms with Gasteiger partial charge in [0.05, 0.1) is 29.7 Å². The fourth-order valence-electron chi connectivity index (χ4n) is 2.52. The third-order valence-corrected chi connectivity index (χ3v) is 5.61. The number of nitrogens with one attached hydrogen (secondary N) is 1. The van der Waals surface area contributed by atoms with Crippen LogP contribution >= 0.6 is 39.3 Å². The SMILES string of the molecule is O=C(CSc1ccc(Br)cc1)Nc1ccc(N2CCOCC2)c(Cl)c1. The maximum absolute atomic E-state index is 12.1. The molecule has 3 rings (SSSR count). The predicted molar refractivity (Wildman–Crippen MR) is 108 cm³/mol. The van der Waals surface area contributed by atoms with E-state index in [-0.39, 0.29) is 5.91 Å². The number of benzene rings is 2. The van der Waals surface area contributed by atoms with Crippen LogP contribution in [-0.4, -0.2) is 38.0 Å². The van der Waals surface area contributed by atoms with Crippen LogP contribution in [0.25, 0.3) is 0 Å². The Labute approximate surface area is 165 Å². The van der Waals surface area contributed by atoms with Crippen LogP contribution < -0.4 is 10.2 Å². The van der Waals surface area contributed by atoms with Crippen molar-refractivity contribution in [3.8, 4) is 0 Å². The highest BCUT2D eigenvalue weighted by molar-refractivity contribution is 9.10. The van der Waals surface area contributed by atoms with E-state index in [0.29, 0.717) is 29.7 Å². The molecule has 4 nitrogen and oxygen atoms in total. The highest BCUT2D eigenvalue weighted by atomic mass is 79.9. The van der Waals surface area contributed by atoms with Crippen LogP contribution in [0, 0.1) is 0 Å². The maximum Gasteiger partial charge on any atom is 0.234 e. The molecule has 25 heavy (non-hydrogen) atoms. The Bertz CT molecular complexity index is 736. The summed E-state index contributed by atoms with van der Waals surface area (Å²) in [4.78, 5) is 15.4. The van der Waals surface area contributed by atoms with Crippen LogP contribution in [0.2, 0.25) is 5.02 Å². The first-order valence-corrected chi connectivity index (χ1v) is 10.1. The Morgan fingerprint density at radius 1 is 1.20 bits per heavy atom. The van der Waals surface area contributed by atoms with Gasteiger partial charge in [-0.15, -0.1) is 11.8 Å². The number of nitrogens with zero attached hydrogens (tertiary/aromatic N) is 1. The largest absolute Gasteiger partial charge is 0.378 e. The van der Waals surface area contributed by atoms with Crippen LogP contribution in [0.1, 0.15) is 0 Å². The normalized spacial score (nSPS) is 14.4. The molecule has 0 spiro atoms. The van der Waals surface area contributed by atoms with Gasteiger partial charge in [-0.25, -0.2) is 0 Å². The quantitative estimate of drug-likeness (QED) is 0.685. The lowest BCUT2D eigenvalue weighted by molar-refractivity contribution is -0.113. The monoisotopic (exact) mass is 440 g/mol. The Balaban J connectivity index is 1.55. The van der Waals surface area contributed by atoms with Gasteiger partial charge in [-0.3, -0.25) is 4.79 Å². The standard InChI is InChI=1S/C18H18BrClN2O2S/c19-13-1-4-15(5-2-13)25-12-18(23)21-14-3-6-17(16(20)11-14)22-7-9-24-10-8-22/h1-6,11H,7-10,12H2,(H,21,23). The number of anilines is 2. The van der Waals surface area contributed by atoms with Gasteiger partial charge in [0.25, 0.3) is 0 Å². The van der Waals surface area contributed by atoms with E-state index in [9.17, 15) is 4.79 Å². The first kappa shape index (κ1) is 18.6. The van der Waals surface area contributed by atoms with Crippen molar-refractivity contribution in [1.82, 2.24) is 0 Å². The summed E-state index contributed by atoms with van der Waals surface area (Å²) in [5, 5.41) is 3.54. The Hall–Kier alpha value is -1.21. The zero-order chi connectivity index (χ0) is 17.6. The van der Waals surface area contributed by atoms with E-state index in [1.54, 1.807) is 6.07 Å². The average Bonchev–Trinajstić information content (AvgIpc) is 2.62. The van der Waals surface area contributed by atoms with Gasteiger partial charge >= 0.3 is 0 Å². The third-order valence-electron chi connectivity index (χ3n) is 3.77. The van der Waals surface area contributed by atoms with Crippen molar-refractivity contribution in [2.24, 2.45) is 0 Å². The van der Waals surface area contributed by atoms with Crippen molar-refractivity contribution < 1.29 is 9.53 Å². The third kappa shape index (κ3) is 5.38. The molecule has 0 atom stereocenters. The van der Waals surface area contributed by atoms with Crippen molar-refractivity contribution in [3.63, 3.8) is 0 Å². The molecule has 1 saturated heterocycles. The molecule has 7 heteroatoms. The van der Waals surface area contributed by atoms with Crippen LogP contribution in [-0.2, 0) is 9.53 Å². The Morgan fingerprint density at radius 3 is 2.60 bits per heavy atom. The predicted octanol–water partition coefficient (Wildman–Crippen LogP) is 4.67. The molecule has 1 aliphatic rings. The molecule has 1 fully saturated rings. The van der Waals surface area contributed by atoms with Crippen molar-refractivity contribution in [2.45, 2.75) is 4.90 Å². The molecule has 1 N–H and O–H groups in total. The second kappa shape index (κ2) is 8.94. The zero-order valence-electron chi connectivity index (χ0n) is 13.5. The van der Waals surface area contributed by atoms with Crippen molar-refractivity contribution in [1.29, 1.82) is 0 Å². The van der Waals surface area contributed by atoms with Crippen molar-refractivity contribution in [2.75, 3.05) is 42.3 Å². The molecule has 1 heterocycles. The topological polar surface area (TPSA) is 41.6 Å². The first-order chi connectivity index (χ1) is 12.1. The summed E-state index contributed by atoms with van der Waals surface area (Å²) in [6.07, 6.45) is 0. The van der Waals surface area contributed by atoms with Gasteiger partial charge in [-0.05, 0) is 42.5 Å². The van der Waals surface area contributed by atoms with Crippen LogP contribution in [0.3, 0.4) is 0 Å². The van der Waals surface area contributed by atoms with Crippen molar-refractivity contribution >= 4 is 56.6 Å². The highest BCUT2D eigenvalue weighted by Gasteiger charge is 2.14. The maximum atomic E-state index is 12.1. The van der Waals surface area contributed by atoms with Gasteiger partial charge in [0, 0.05) is 28.1 Å². The summed E-state index contributed by atoms with van der Waals surface area (Å²) >= 11 is 11.3. The van der Waals surface area contributed by atoms with Gasteiger partial charge in [-0.1, -0.05) is 27.5 Å². The van der Waals surface area contributed by atoms with E-state index in [0.717, 1.165) is 28.1 Å². The molecule has 1 amide bonds. The molecule has 2 aromatic carbocycles. The molecular weight excluding hydrogens is 424 g/mol. The van der Waals surface area contributed by atoms with Gasteiger partial charge in [-0.2, -0.15) is 0 Å². The van der Waals surface area contributed by atoms with E-state index in [1.807, 2.05) is 36.4 Å². The molecule has 0 bridgehead atoms. The number of hydrogen-bond acceptors (Lipinski definition) is 4. The zero-order valence-corrected chi connectivity index (χ0v) is 16.7. The molecule has 0 radical (unpaired) electrons. The summed E-state index contributed by atoms with van der Waals surface area (Å²) in [5.41, 5.74) is 1.69. The number of thioether (sulfide) groups is 1. The number of halogens is 2. The summed E-state index contributed by atoms with van der Waals surface area (Å²) in [5.74, 6) is 0.299. The Kier molecular flexibility index (Phi) is 6.64. The van der Waals surface area contributed by atoms with Gasteiger partial charge in [0.15, 0.2) is 0 Å². The first-order valence-electron chi connectivity index (χ1n) is 7.92. The van der Waals surface area contributed by atoms with E-state index in [2.05, 4.69) is 26.1 Å². The van der Waals surface area contributed by atoms with E-state index >= 15 is 0 Å². The smallest absolute Gasteiger partial charge is 0.234 e.